The highest BCUT2D eigenvalue weighted by Gasteiger charge is 2.52. The van der Waals surface area contributed by atoms with Crippen LogP contribution in [0.4, 0.5) is 0 Å². The maximum Gasteiger partial charge on any atom is 0.497 e. The molecule has 3 heterocycles. The summed E-state index contributed by atoms with van der Waals surface area (Å²) in [7, 11) is -4.63. The zero-order valence-corrected chi connectivity index (χ0v) is 19.0. The summed E-state index contributed by atoms with van der Waals surface area (Å²) in [5, 5.41) is 0.498. The van der Waals surface area contributed by atoms with E-state index in [9.17, 15) is 13.2 Å². The van der Waals surface area contributed by atoms with Crippen LogP contribution in [0.1, 0.15) is 48.0 Å². The lowest BCUT2D eigenvalue weighted by Crippen LogP contribution is -2.42. The lowest BCUT2D eigenvalue weighted by atomic mass is 9.78. The first-order valence-corrected chi connectivity index (χ1v) is 11.4. The van der Waals surface area contributed by atoms with E-state index >= 15 is 0 Å². The van der Waals surface area contributed by atoms with Gasteiger partial charge in [0.25, 0.3) is 5.56 Å². The van der Waals surface area contributed by atoms with Crippen LogP contribution in [0.3, 0.4) is 0 Å². The lowest BCUT2D eigenvalue weighted by Gasteiger charge is -2.32. The number of hydrogen-bond donors (Lipinski definition) is 1. The summed E-state index contributed by atoms with van der Waals surface area (Å²) >= 11 is 0. The molecule has 2 aromatic heterocycles. The van der Waals surface area contributed by atoms with Crippen molar-refractivity contribution < 1.29 is 17.7 Å². The van der Waals surface area contributed by atoms with E-state index in [0.717, 1.165) is 9.55 Å². The monoisotopic (exact) mass is 430 g/mol. The SMILES string of the molecule is CC1=CC=CCC1(C)S(=O)(=O)n1ccc2c(B3OC(C)(C)C(C)(C)O3)c[nH]c(=O)c21. The Morgan fingerprint density at radius 2 is 1.77 bits per heavy atom. The van der Waals surface area contributed by atoms with Gasteiger partial charge in [-0.1, -0.05) is 23.8 Å². The van der Waals surface area contributed by atoms with Crippen molar-refractivity contribution in [1.82, 2.24) is 8.96 Å². The molecule has 2 aliphatic rings. The molecule has 160 valence electrons. The highest BCUT2D eigenvalue weighted by atomic mass is 32.2. The zero-order chi connectivity index (χ0) is 22.1. The minimum atomic E-state index is -3.91. The molecule has 4 rings (SSSR count). The van der Waals surface area contributed by atoms with Gasteiger partial charge in [0.15, 0.2) is 0 Å². The summed E-state index contributed by atoms with van der Waals surface area (Å²) in [5.41, 5.74) is -0.193. The Bertz CT molecular complexity index is 1240. The van der Waals surface area contributed by atoms with E-state index in [2.05, 4.69) is 4.98 Å². The molecular weight excluding hydrogens is 403 g/mol. The van der Waals surface area contributed by atoms with Crippen molar-refractivity contribution in [3.05, 3.63) is 52.6 Å². The molecule has 30 heavy (non-hydrogen) atoms. The number of rotatable bonds is 3. The normalized spacial score (nSPS) is 25.7. The van der Waals surface area contributed by atoms with Gasteiger partial charge in [-0.15, -0.1) is 0 Å². The van der Waals surface area contributed by atoms with E-state index in [0.29, 0.717) is 17.3 Å². The molecule has 0 aromatic carbocycles. The van der Waals surface area contributed by atoms with E-state index in [1.54, 1.807) is 32.2 Å². The Morgan fingerprint density at radius 3 is 2.37 bits per heavy atom. The van der Waals surface area contributed by atoms with Gasteiger partial charge in [0.05, 0.1) is 11.2 Å². The highest BCUT2D eigenvalue weighted by Crippen LogP contribution is 2.38. The third-order valence-corrected chi connectivity index (χ3v) is 9.35. The summed E-state index contributed by atoms with van der Waals surface area (Å²) < 4.78 is 39.5. The molecule has 0 radical (unpaired) electrons. The maximum absolute atomic E-state index is 13.7. The first-order chi connectivity index (χ1) is 13.8. The largest absolute Gasteiger partial charge is 0.497 e. The van der Waals surface area contributed by atoms with Crippen molar-refractivity contribution in [2.75, 3.05) is 0 Å². The molecule has 1 unspecified atom stereocenters. The number of allylic oxidation sites excluding steroid dienone is 3. The van der Waals surface area contributed by atoms with Gasteiger partial charge in [0.2, 0.25) is 10.0 Å². The van der Waals surface area contributed by atoms with Crippen molar-refractivity contribution in [1.29, 1.82) is 0 Å². The van der Waals surface area contributed by atoms with Crippen LogP contribution < -0.4 is 11.0 Å². The van der Waals surface area contributed by atoms with Crippen molar-refractivity contribution in [3.63, 3.8) is 0 Å². The summed E-state index contributed by atoms with van der Waals surface area (Å²) in [4.78, 5) is 15.4. The van der Waals surface area contributed by atoms with Crippen molar-refractivity contribution in [2.24, 2.45) is 0 Å². The fraction of sp³-hybridized carbons (Fsp3) is 0.476. The van der Waals surface area contributed by atoms with E-state index in [1.807, 2.05) is 39.8 Å². The Kier molecular flexibility index (Phi) is 4.55. The quantitative estimate of drug-likeness (QED) is 0.756. The van der Waals surface area contributed by atoms with Gasteiger partial charge in [0.1, 0.15) is 10.3 Å². The maximum atomic E-state index is 13.7. The number of nitrogens with zero attached hydrogens (tertiary/aromatic N) is 1. The third kappa shape index (κ3) is 2.79. The summed E-state index contributed by atoms with van der Waals surface area (Å²) in [6, 6.07) is 1.64. The molecule has 1 saturated heterocycles. The number of pyridine rings is 1. The van der Waals surface area contributed by atoms with Crippen molar-refractivity contribution in [3.8, 4) is 0 Å². The number of H-pyrrole nitrogens is 1. The summed E-state index contributed by atoms with van der Waals surface area (Å²) in [5.74, 6) is 0. The number of hydrogen-bond acceptors (Lipinski definition) is 5. The molecule has 1 aliphatic carbocycles. The Hall–Kier alpha value is -2.10. The molecule has 7 nitrogen and oxygen atoms in total. The van der Waals surface area contributed by atoms with Crippen LogP contribution in [0.25, 0.3) is 10.9 Å². The average Bonchev–Trinajstić information content (AvgIpc) is 3.18. The number of nitrogens with one attached hydrogen (secondary N) is 1. The second-order valence-electron chi connectivity index (χ2n) is 9.25. The average molecular weight is 430 g/mol. The van der Waals surface area contributed by atoms with E-state index < -0.39 is 38.7 Å². The molecule has 0 amide bonds. The summed E-state index contributed by atoms with van der Waals surface area (Å²) in [6.45, 7) is 11.3. The molecule has 1 fully saturated rings. The fourth-order valence-electron chi connectivity index (χ4n) is 3.89. The molecule has 0 saturated carbocycles. The number of aromatic nitrogens is 2. The standard InChI is InChI=1S/C21H27BN2O5S/c1-14-9-7-8-11-21(14,6)30(26,27)24-12-10-15-16(13-23-18(25)17(15)24)22-28-19(2,3)20(4,5)29-22/h7-10,12-13H,11H2,1-6H3,(H,23,25). The van der Waals surface area contributed by atoms with Crippen LogP contribution >= 0.6 is 0 Å². The van der Waals surface area contributed by atoms with Crippen LogP contribution in [-0.2, 0) is 19.3 Å². The van der Waals surface area contributed by atoms with Crippen LogP contribution in [0.15, 0.2) is 47.1 Å². The Morgan fingerprint density at radius 1 is 1.13 bits per heavy atom. The first kappa shape index (κ1) is 21.1. The van der Waals surface area contributed by atoms with Gasteiger partial charge in [-0.05, 0) is 54.0 Å². The van der Waals surface area contributed by atoms with E-state index in [-0.39, 0.29) is 5.52 Å². The van der Waals surface area contributed by atoms with Gasteiger partial charge in [0, 0.05) is 23.2 Å². The molecule has 0 bridgehead atoms. The van der Waals surface area contributed by atoms with E-state index in [4.69, 9.17) is 9.31 Å². The molecule has 1 aliphatic heterocycles. The molecular formula is C21H27BN2O5S. The van der Waals surface area contributed by atoms with Crippen LogP contribution in [-0.4, -0.2) is 40.4 Å². The Labute approximate surface area is 177 Å². The van der Waals surface area contributed by atoms with Crippen molar-refractivity contribution >= 4 is 33.5 Å². The second kappa shape index (κ2) is 6.45. The van der Waals surface area contributed by atoms with Gasteiger partial charge in [-0.3, -0.25) is 4.79 Å². The minimum Gasteiger partial charge on any atom is -0.399 e. The second-order valence-corrected chi connectivity index (χ2v) is 11.5. The first-order valence-electron chi connectivity index (χ1n) is 9.99. The molecule has 2 aromatic rings. The number of aromatic amines is 1. The molecule has 0 spiro atoms. The topological polar surface area (TPSA) is 90.4 Å². The van der Waals surface area contributed by atoms with Crippen LogP contribution in [0.5, 0.6) is 0 Å². The van der Waals surface area contributed by atoms with E-state index in [1.165, 1.54) is 6.20 Å². The van der Waals surface area contributed by atoms with Crippen LogP contribution in [0, 0.1) is 0 Å². The lowest BCUT2D eigenvalue weighted by molar-refractivity contribution is 0.00578. The fourth-order valence-corrected chi connectivity index (χ4v) is 5.75. The third-order valence-electron chi connectivity index (χ3n) is 6.90. The van der Waals surface area contributed by atoms with Gasteiger partial charge in [-0.25, -0.2) is 12.4 Å². The van der Waals surface area contributed by atoms with Crippen LogP contribution in [0.2, 0.25) is 0 Å². The minimum absolute atomic E-state index is 0.0748. The predicted molar refractivity (Wildman–Crippen MR) is 119 cm³/mol. The predicted octanol–water partition coefficient (Wildman–Crippen LogP) is 2.47. The Balaban J connectivity index is 1.88. The molecule has 9 heteroatoms. The molecule has 1 atom stereocenters. The highest BCUT2D eigenvalue weighted by molar-refractivity contribution is 7.91. The smallest absolute Gasteiger partial charge is 0.399 e. The summed E-state index contributed by atoms with van der Waals surface area (Å²) in [6.07, 6.45) is 8.81. The van der Waals surface area contributed by atoms with Gasteiger partial charge < -0.3 is 14.3 Å². The van der Waals surface area contributed by atoms with Crippen molar-refractivity contribution in [2.45, 2.75) is 63.9 Å². The molecule has 1 N–H and O–H groups in total. The number of fused-ring (bicyclic) bond motifs is 1. The van der Waals surface area contributed by atoms with Gasteiger partial charge >= 0.3 is 7.12 Å². The zero-order valence-electron chi connectivity index (χ0n) is 18.1. The van der Waals surface area contributed by atoms with Gasteiger partial charge in [-0.2, -0.15) is 0 Å².